The highest BCUT2D eigenvalue weighted by molar-refractivity contribution is 4.48. The zero-order chi connectivity index (χ0) is 14.6. The third-order valence-electron chi connectivity index (χ3n) is 3.71. The van der Waals surface area contributed by atoms with Crippen molar-refractivity contribution in [1.29, 1.82) is 0 Å². The molecule has 0 unspecified atom stereocenters. The maximum Gasteiger partial charge on any atom is -0.0533 e. The van der Waals surface area contributed by atoms with Crippen molar-refractivity contribution in [3.63, 3.8) is 0 Å². The maximum atomic E-state index is 4.00. The summed E-state index contributed by atoms with van der Waals surface area (Å²) in [6.45, 7) is 4.58. The molecule has 0 aromatic carbocycles. The minimum atomic E-state index is 1.37. The van der Waals surface area contributed by atoms with Crippen LogP contribution in [-0.2, 0) is 0 Å². The summed E-state index contributed by atoms with van der Waals surface area (Å²) in [5.74, 6) is 8.00. The van der Waals surface area contributed by atoms with E-state index in [2.05, 4.69) is 25.5 Å². The van der Waals surface area contributed by atoms with E-state index >= 15 is 0 Å². The van der Waals surface area contributed by atoms with Gasteiger partial charge >= 0.3 is 0 Å². The van der Waals surface area contributed by atoms with Crippen LogP contribution in [0.25, 0.3) is 0 Å². The first-order valence-corrected chi connectivity index (χ1v) is 8.75. The van der Waals surface area contributed by atoms with Gasteiger partial charge in [0.15, 0.2) is 0 Å². The number of hydrogen-bond donors (Lipinski definition) is 2. The molecule has 0 aliphatic rings. The predicted molar refractivity (Wildman–Crippen MR) is 89.0 cm³/mol. The minimum Gasteiger partial charge on any atom is -0.274 e. The van der Waals surface area contributed by atoms with Gasteiger partial charge in [0.25, 0.3) is 0 Å². The minimum absolute atomic E-state index is 1.37. The van der Waals surface area contributed by atoms with E-state index in [0.717, 1.165) is 0 Å². The van der Waals surface area contributed by atoms with Gasteiger partial charge in [-0.3, -0.25) is 11.7 Å². The van der Waals surface area contributed by atoms with Crippen molar-refractivity contribution in [3.05, 3.63) is 0 Å². The summed E-state index contributed by atoms with van der Waals surface area (Å²) in [6.07, 6.45) is 21.9. The highest BCUT2D eigenvalue weighted by Gasteiger charge is 1.93. The molecule has 0 atom stereocenters. The fraction of sp³-hybridized carbons (Fsp3) is 1.00. The molecule has 0 spiro atoms. The summed E-state index contributed by atoms with van der Waals surface area (Å²) in [5.41, 5.74) is 0. The smallest absolute Gasteiger partial charge is 0.0533 e. The molecule has 0 bridgehead atoms. The van der Waals surface area contributed by atoms with Crippen molar-refractivity contribution in [2.75, 3.05) is 0 Å². The van der Waals surface area contributed by atoms with Gasteiger partial charge in [0.05, 0.1) is 0 Å². The van der Waals surface area contributed by atoms with Gasteiger partial charge in [0, 0.05) is 0 Å². The van der Waals surface area contributed by atoms with Crippen molar-refractivity contribution < 1.29 is 0 Å². The van der Waals surface area contributed by atoms with Crippen LogP contribution < -0.4 is 11.7 Å². The van der Waals surface area contributed by atoms with Gasteiger partial charge < -0.3 is 0 Å². The lowest BCUT2D eigenvalue weighted by molar-refractivity contribution is 0.534. The Hall–Kier alpha value is -0.0800. The van der Waals surface area contributed by atoms with E-state index in [1.54, 1.807) is 0 Å². The Morgan fingerprint density at radius 3 is 0.684 bits per heavy atom. The van der Waals surface area contributed by atoms with Crippen LogP contribution in [0.5, 0.6) is 0 Å². The van der Waals surface area contributed by atoms with E-state index in [4.69, 9.17) is 0 Å². The standard InChI is InChI=1S/C17H36.H4N2/c1-3-5-7-9-11-13-15-17-16-14-12-10-8-6-4-2;1-2/h3-17H2,1-2H3;1-2H2. The Kier molecular flexibility index (Phi) is 25.7. The summed E-state index contributed by atoms with van der Waals surface area (Å²) >= 11 is 0. The number of rotatable bonds is 14. The third kappa shape index (κ3) is 23.4. The van der Waals surface area contributed by atoms with Gasteiger partial charge in [-0.2, -0.15) is 0 Å². The van der Waals surface area contributed by atoms with Gasteiger partial charge in [-0.05, 0) is 0 Å². The van der Waals surface area contributed by atoms with Crippen LogP contribution >= 0.6 is 0 Å². The second kappa shape index (κ2) is 23.0. The van der Waals surface area contributed by atoms with E-state index in [1.165, 1.54) is 96.3 Å². The van der Waals surface area contributed by atoms with E-state index in [-0.39, 0.29) is 0 Å². The summed E-state index contributed by atoms with van der Waals surface area (Å²) in [6, 6.07) is 0. The number of unbranched alkanes of at least 4 members (excludes halogenated alkanes) is 14. The molecule has 0 aliphatic heterocycles. The van der Waals surface area contributed by atoms with Crippen molar-refractivity contribution in [2.24, 2.45) is 11.7 Å². The molecule has 0 aromatic rings. The molecule has 0 amide bonds. The maximum absolute atomic E-state index is 4.00. The second-order valence-electron chi connectivity index (χ2n) is 5.60. The molecule has 0 fully saturated rings. The van der Waals surface area contributed by atoms with E-state index in [0.29, 0.717) is 0 Å². The van der Waals surface area contributed by atoms with E-state index in [9.17, 15) is 0 Å². The molecule has 0 aromatic heterocycles. The first-order valence-electron chi connectivity index (χ1n) is 8.75. The molecular formula is C17H40N2. The second-order valence-corrected chi connectivity index (χ2v) is 5.60. The van der Waals surface area contributed by atoms with Gasteiger partial charge in [0.2, 0.25) is 0 Å². The van der Waals surface area contributed by atoms with Crippen LogP contribution in [-0.4, -0.2) is 0 Å². The van der Waals surface area contributed by atoms with Crippen LogP contribution in [0, 0.1) is 0 Å². The zero-order valence-electron chi connectivity index (χ0n) is 13.8. The first-order chi connectivity index (χ1) is 9.41. The molecule has 19 heavy (non-hydrogen) atoms. The first kappa shape index (κ1) is 21.2. The Bertz CT molecular complexity index is 112. The average Bonchev–Trinajstić information content (AvgIpc) is 2.46. The monoisotopic (exact) mass is 272 g/mol. The van der Waals surface area contributed by atoms with Crippen molar-refractivity contribution >= 4 is 0 Å². The SMILES string of the molecule is CCCCCCCCCCCCCCCCC.NN. The fourth-order valence-corrected chi connectivity index (χ4v) is 2.44. The van der Waals surface area contributed by atoms with Crippen LogP contribution in [0.2, 0.25) is 0 Å². The molecule has 0 rings (SSSR count). The number of hydrazine groups is 1. The van der Waals surface area contributed by atoms with Crippen molar-refractivity contribution in [2.45, 2.75) is 110 Å². The molecule has 2 heteroatoms. The molecular weight excluding hydrogens is 232 g/mol. The summed E-state index contributed by atoms with van der Waals surface area (Å²) < 4.78 is 0. The summed E-state index contributed by atoms with van der Waals surface area (Å²) in [7, 11) is 0. The Labute approximate surface area is 122 Å². The highest BCUT2D eigenvalue weighted by atomic mass is 15.0. The Balaban J connectivity index is 0. The topological polar surface area (TPSA) is 52.0 Å². The molecule has 0 saturated carbocycles. The quantitative estimate of drug-likeness (QED) is 0.242. The van der Waals surface area contributed by atoms with Crippen LogP contribution in [0.15, 0.2) is 0 Å². The summed E-state index contributed by atoms with van der Waals surface area (Å²) in [5, 5.41) is 0. The molecule has 0 heterocycles. The molecule has 0 aliphatic carbocycles. The van der Waals surface area contributed by atoms with Gasteiger partial charge in [-0.15, -0.1) is 0 Å². The summed E-state index contributed by atoms with van der Waals surface area (Å²) in [4.78, 5) is 0. The largest absolute Gasteiger partial charge is 0.274 e. The Morgan fingerprint density at radius 2 is 0.526 bits per heavy atom. The van der Waals surface area contributed by atoms with Gasteiger partial charge in [-0.1, -0.05) is 110 Å². The van der Waals surface area contributed by atoms with Crippen LogP contribution in [0.1, 0.15) is 110 Å². The predicted octanol–water partition coefficient (Wildman–Crippen LogP) is 5.70. The lowest BCUT2D eigenvalue weighted by atomic mass is 10.0. The van der Waals surface area contributed by atoms with E-state index < -0.39 is 0 Å². The zero-order valence-corrected chi connectivity index (χ0v) is 13.8. The molecule has 118 valence electrons. The third-order valence-corrected chi connectivity index (χ3v) is 3.71. The molecule has 0 saturated heterocycles. The van der Waals surface area contributed by atoms with Crippen molar-refractivity contribution in [1.82, 2.24) is 0 Å². The molecule has 0 radical (unpaired) electrons. The number of nitrogens with two attached hydrogens (primary N) is 2. The molecule has 4 N–H and O–H groups in total. The van der Waals surface area contributed by atoms with Gasteiger partial charge in [0.1, 0.15) is 0 Å². The van der Waals surface area contributed by atoms with E-state index in [1.807, 2.05) is 0 Å². The molecule has 2 nitrogen and oxygen atoms in total. The van der Waals surface area contributed by atoms with Crippen LogP contribution in [0.3, 0.4) is 0 Å². The fourth-order valence-electron chi connectivity index (χ4n) is 2.44. The normalized spacial score (nSPS) is 10.1. The average molecular weight is 273 g/mol. The lowest BCUT2D eigenvalue weighted by Crippen LogP contribution is -2.02. The number of hydrogen-bond acceptors (Lipinski definition) is 2. The highest BCUT2D eigenvalue weighted by Crippen LogP contribution is 2.13. The van der Waals surface area contributed by atoms with Crippen LogP contribution in [0.4, 0.5) is 0 Å². The van der Waals surface area contributed by atoms with Gasteiger partial charge in [-0.25, -0.2) is 0 Å². The van der Waals surface area contributed by atoms with Crippen molar-refractivity contribution in [3.8, 4) is 0 Å². The Morgan fingerprint density at radius 1 is 0.368 bits per heavy atom. The lowest BCUT2D eigenvalue weighted by Gasteiger charge is -2.02.